The number of esters is 1. The van der Waals surface area contributed by atoms with Crippen LogP contribution in [0, 0.1) is 11.3 Å². The van der Waals surface area contributed by atoms with Crippen LogP contribution < -0.4 is 5.32 Å². The van der Waals surface area contributed by atoms with E-state index in [1.807, 2.05) is 36.4 Å². The highest BCUT2D eigenvalue weighted by molar-refractivity contribution is 5.86. The van der Waals surface area contributed by atoms with E-state index in [1.165, 1.54) is 0 Å². The fourth-order valence-corrected chi connectivity index (χ4v) is 2.26. The van der Waals surface area contributed by atoms with Gasteiger partial charge in [0.2, 0.25) is 11.9 Å². The molecule has 0 aliphatic rings. The number of rotatable bonds is 12. The summed E-state index contributed by atoms with van der Waals surface area (Å²) in [6.07, 6.45) is 2.81. The van der Waals surface area contributed by atoms with Gasteiger partial charge in [0.1, 0.15) is 6.07 Å². The summed E-state index contributed by atoms with van der Waals surface area (Å²) in [6.45, 7) is 2.99. The second-order valence-corrected chi connectivity index (χ2v) is 5.35. The zero-order chi connectivity index (χ0) is 17.7. The van der Waals surface area contributed by atoms with Crippen LogP contribution in [0.3, 0.4) is 0 Å². The first-order valence-corrected chi connectivity index (χ1v) is 8.10. The second-order valence-electron chi connectivity index (χ2n) is 5.35. The topological polar surface area (TPSA) is 88.4 Å². The van der Waals surface area contributed by atoms with E-state index in [0.29, 0.717) is 26.0 Å². The molecule has 24 heavy (non-hydrogen) atoms. The summed E-state index contributed by atoms with van der Waals surface area (Å²) < 4.78 is 10.5. The molecule has 1 unspecified atom stereocenters. The predicted molar refractivity (Wildman–Crippen MR) is 88.7 cm³/mol. The van der Waals surface area contributed by atoms with Gasteiger partial charge >= 0.3 is 5.97 Å². The van der Waals surface area contributed by atoms with Gasteiger partial charge in [-0.25, -0.2) is 4.79 Å². The van der Waals surface area contributed by atoms with Gasteiger partial charge in [0.25, 0.3) is 0 Å². The number of carbonyl (C=O) groups is 2. The monoisotopic (exact) mass is 332 g/mol. The van der Waals surface area contributed by atoms with E-state index in [2.05, 4.69) is 5.32 Å². The van der Waals surface area contributed by atoms with Gasteiger partial charge in [-0.05, 0) is 31.7 Å². The molecule has 0 bridgehead atoms. The number of nitrogens with zero attached hydrogens (tertiary/aromatic N) is 1. The van der Waals surface area contributed by atoms with Crippen molar-refractivity contribution in [1.29, 1.82) is 5.26 Å². The molecule has 0 aromatic heterocycles. The molecule has 1 atom stereocenters. The zero-order valence-corrected chi connectivity index (χ0v) is 14.0. The van der Waals surface area contributed by atoms with Crippen LogP contribution in [0.2, 0.25) is 0 Å². The van der Waals surface area contributed by atoms with Crippen LogP contribution in [-0.2, 0) is 25.7 Å². The minimum Gasteiger partial charge on any atom is -0.463 e. The Morgan fingerprint density at radius 3 is 2.67 bits per heavy atom. The van der Waals surface area contributed by atoms with Crippen LogP contribution in [0.25, 0.3) is 0 Å². The zero-order valence-electron chi connectivity index (χ0n) is 14.0. The van der Waals surface area contributed by atoms with Gasteiger partial charge in [-0.15, -0.1) is 0 Å². The van der Waals surface area contributed by atoms with Gasteiger partial charge in [-0.1, -0.05) is 36.8 Å². The number of hydrogen-bond donors (Lipinski definition) is 1. The average Bonchev–Trinajstić information content (AvgIpc) is 2.61. The standard InChI is InChI=1S/C18H24N2O4/c1-2-24-17(22)18(14-19,20-15-21)11-7-4-8-12-23-13-16-9-5-3-6-10-16/h3,5-6,9-10,15H,2,4,7-8,11-13H2,1H3,(H,20,21). The third-order valence-electron chi connectivity index (χ3n) is 3.57. The van der Waals surface area contributed by atoms with Crippen molar-refractivity contribution < 1.29 is 19.1 Å². The number of carbonyl (C=O) groups excluding carboxylic acids is 2. The van der Waals surface area contributed by atoms with Gasteiger partial charge in [0.15, 0.2) is 0 Å². The van der Waals surface area contributed by atoms with Crippen LogP contribution in [0.1, 0.15) is 38.2 Å². The fraction of sp³-hybridized carbons (Fsp3) is 0.500. The third kappa shape index (κ3) is 6.39. The maximum absolute atomic E-state index is 11.9. The number of ether oxygens (including phenoxy) is 2. The molecular formula is C18H24N2O4. The van der Waals surface area contributed by atoms with E-state index in [1.54, 1.807) is 6.92 Å². The molecule has 6 nitrogen and oxygen atoms in total. The Morgan fingerprint density at radius 2 is 2.04 bits per heavy atom. The highest BCUT2D eigenvalue weighted by Crippen LogP contribution is 2.16. The fourth-order valence-electron chi connectivity index (χ4n) is 2.26. The summed E-state index contributed by atoms with van der Waals surface area (Å²) in [5, 5.41) is 11.6. The molecule has 0 fully saturated rings. The molecule has 1 aromatic rings. The minimum absolute atomic E-state index is 0.163. The summed E-state index contributed by atoms with van der Waals surface area (Å²) in [4.78, 5) is 22.6. The lowest BCUT2D eigenvalue weighted by atomic mass is 9.94. The van der Waals surface area contributed by atoms with Crippen LogP contribution in [0.5, 0.6) is 0 Å². The molecule has 130 valence electrons. The van der Waals surface area contributed by atoms with Crippen LogP contribution in [-0.4, -0.2) is 31.1 Å². The maximum atomic E-state index is 11.9. The molecule has 0 radical (unpaired) electrons. The van der Waals surface area contributed by atoms with E-state index >= 15 is 0 Å². The van der Waals surface area contributed by atoms with E-state index in [4.69, 9.17) is 9.47 Å². The molecule has 0 aliphatic carbocycles. The van der Waals surface area contributed by atoms with Gasteiger partial charge in [0, 0.05) is 6.61 Å². The number of benzene rings is 1. The minimum atomic E-state index is -1.59. The van der Waals surface area contributed by atoms with E-state index < -0.39 is 11.5 Å². The van der Waals surface area contributed by atoms with Crippen LogP contribution in [0.4, 0.5) is 0 Å². The second kappa shape index (κ2) is 11.2. The Morgan fingerprint density at radius 1 is 1.29 bits per heavy atom. The van der Waals surface area contributed by atoms with Gasteiger partial charge in [0.05, 0.1) is 13.2 Å². The first-order chi connectivity index (χ1) is 11.7. The van der Waals surface area contributed by atoms with Crippen molar-refractivity contribution in [2.45, 2.75) is 44.8 Å². The van der Waals surface area contributed by atoms with Crippen molar-refractivity contribution in [2.75, 3.05) is 13.2 Å². The summed E-state index contributed by atoms with van der Waals surface area (Å²) in [7, 11) is 0. The molecule has 0 saturated carbocycles. The number of unbranched alkanes of at least 4 members (excludes halogenated alkanes) is 2. The van der Waals surface area contributed by atoms with E-state index in [-0.39, 0.29) is 13.0 Å². The molecule has 0 heterocycles. The van der Waals surface area contributed by atoms with Gasteiger partial charge in [-0.2, -0.15) is 5.26 Å². The van der Waals surface area contributed by atoms with Crippen molar-refractivity contribution in [3.63, 3.8) is 0 Å². The Balaban J connectivity index is 2.28. The van der Waals surface area contributed by atoms with E-state index in [9.17, 15) is 14.9 Å². The summed E-state index contributed by atoms with van der Waals surface area (Å²) >= 11 is 0. The number of nitrogens with one attached hydrogen (secondary N) is 1. The highest BCUT2D eigenvalue weighted by atomic mass is 16.5. The normalized spacial score (nSPS) is 12.7. The molecule has 0 spiro atoms. The maximum Gasteiger partial charge on any atom is 0.346 e. The summed E-state index contributed by atoms with van der Waals surface area (Å²) in [5.41, 5.74) is -0.471. The quantitative estimate of drug-likeness (QED) is 0.360. The number of amides is 1. The van der Waals surface area contributed by atoms with Gasteiger partial charge in [-0.3, -0.25) is 4.79 Å². The third-order valence-corrected chi connectivity index (χ3v) is 3.57. The van der Waals surface area contributed by atoms with Crippen molar-refractivity contribution in [2.24, 2.45) is 0 Å². The number of nitriles is 1. The Bertz CT molecular complexity index is 542. The van der Waals surface area contributed by atoms with Gasteiger partial charge < -0.3 is 14.8 Å². The highest BCUT2D eigenvalue weighted by Gasteiger charge is 2.39. The van der Waals surface area contributed by atoms with Crippen LogP contribution >= 0.6 is 0 Å². The van der Waals surface area contributed by atoms with E-state index in [0.717, 1.165) is 18.4 Å². The smallest absolute Gasteiger partial charge is 0.346 e. The molecule has 0 aliphatic heterocycles. The average molecular weight is 332 g/mol. The molecule has 1 aromatic carbocycles. The molecule has 6 heteroatoms. The lowest BCUT2D eigenvalue weighted by molar-refractivity contribution is -0.150. The number of hydrogen-bond acceptors (Lipinski definition) is 5. The van der Waals surface area contributed by atoms with Crippen molar-refractivity contribution in [1.82, 2.24) is 5.32 Å². The molecule has 0 saturated heterocycles. The molecular weight excluding hydrogens is 308 g/mol. The summed E-state index contributed by atoms with van der Waals surface area (Å²) in [5.74, 6) is -0.708. The SMILES string of the molecule is CCOC(=O)C(C#N)(CCCCCOCc1ccccc1)NC=O. The Hall–Kier alpha value is -2.39. The predicted octanol–water partition coefficient (Wildman–Crippen LogP) is 2.34. The van der Waals surface area contributed by atoms with Crippen molar-refractivity contribution in [3.05, 3.63) is 35.9 Å². The van der Waals surface area contributed by atoms with Crippen molar-refractivity contribution >= 4 is 12.4 Å². The first kappa shape index (κ1) is 19.7. The van der Waals surface area contributed by atoms with Crippen LogP contribution in [0.15, 0.2) is 30.3 Å². The Labute approximate surface area is 142 Å². The Kier molecular flexibility index (Phi) is 9.17. The molecule has 1 N–H and O–H groups in total. The first-order valence-electron chi connectivity index (χ1n) is 8.10. The largest absolute Gasteiger partial charge is 0.463 e. The lowest BCUT2D eigenvalue weighted by Crippen LogP contribution is -2.51. The molecule has 1 amide bonds. The molecule has 1 rings (SSSR count). The lowest BCUT2D eigenvalue weighted by Gasteiger charge is -2.23. The van der Waals surface area contributed by atoms with Crippen molar-refractivity contribution in [3.8, 4) is 6.07 Å². The summed E-state index contributed by atoms with van der Waals surface area (Å²) in [6, 6.07) is 11.8.